The number of ether oxygens (including phenoxy) is 2. The Hall–Kier alpha value is -0.770. The van der Waals surface area contributed by atoms with Crippen LogP contribution in [0.15, 0.2) is 0 Å². The van der Waals surface area contributed by atoms with Gasteiger partial charge in [0.1, 0.15) is 6.10 Å². The Morgan fingerprint density at radius 3 is 2.43 bits per heavy atom. The normalized spacial score (nSPS) is 23.6. The van der Waals surface area contributed by atoms with Crippen LogP contribution in [0.2, 0.25) is 0 Å². The minimum absolute atomic E-state index is 0.162. The Labute approximate surface area is 84.2 Å². The highest BCUT2D eigenvalue weighted by atomic mass is 16.6. The van der Waals surface area contributed by atoms with Gasteiger partial charge in [-0.3, -0.25) is 0 Å². The molecule has 2 rings (SSSR count). The van der Waals surface area contributed by atoms with E-state index in [0.717, 1.165) is 12.8 Å². The molecular formula is C10H17NO3. The van der Waals surface area contributed by atoms with E-state index in [1.54, 1.807) is 12.0 Å². The van der Waals surface area contributed by atoms with Gasteiger partial charge in [0.25, 0.3) is 0 Å². The highest BCUT2D eigenvalue weighted by Crippen LogP contribution is 2.22. The standard InChI is InChI=1S/C10H17NO3/c1-13-9-6-11(7-9)10(12)14-8-4-2-3-5-8/h8-9H,2-7H2,1H3. The summed E-state index contributed by atoms with van der Waals surface area (Å²) in [5.41, 5.74) is 0. The second kappa shape index (κ2) is 4.17. The minimum atomic E-state index is -0.162. The lowest BCUT2D eigenvalue weighted by atomic mass is 10.2. The van der Waals surface area contributed by atoms with E-state index in [1.807, 2.05) is 0 Å². The fourth-order valence-electron chi connectivity index (χ4n) is 1.96. The number of likely N-dealkylation sites (tertiary alicyclic amines) is 1. The van der Waals surface area contributed by atoms with E-state index in [4.69, 9.17) is 9.47 Å². The molecule has 4 heteroatoms. The molecule has 0 N–H and O–H groups in total. The summed E-state index contributed by atoms with van der Waals surface area (Å²) < 4.78 is 10.4. The summed E-state index contributed by atoms with van der Waals surface area (Å²) >= 11 is 0. The van der Waals surface area contributed by atoms with E-state index in [2.05, 4.69) is 0 Å². The van der Waals surface area contributed by atoms with Crippen molar-refractivity contribution in [2.45, 2.75) is 37.9 Å². The Balaban J connectivity index is 1.69. The van der Waals surface area contributed by atoms with Gasteiger partial charge in [-0.2, -0.15) is 0 Å². The number of carbonyl (C=O) groups excluding carboxylic acids is 1. The van der Waals surface area contributed by atoms with Crippen molar-refractivity contribution in [3.8, 4) is 0 Å². The molecule has 1 aliphatic heterocycles. The van der Waals surface area contributed by atoms with E-state index < -0.39 is 0 Å². The predicted octanol–water partition coefficient (Wildman–Crippen LogP) is 1.40. The minimum Gasteiger partial charge on any atom is -0.446 e. The molecule has 1 saturated carbocycles. The highest BCUT2D eigenvalue weighted by Gasteiger charge is 2.33. The van der Waals surface area contributed by atoms with Crippen molar-refractivity contribution in [1.29, 1.82) is 0 Å². The molecule has 4 nitrogen and oxygen atoms in total. The molecule has 0 aromatic rings. The topological polar surface area (TPSA) is 38.8 Å². The van der Waals surface area contributed by atoms with Gasteiger partial charge in [-0.05, 0) is 25.7 Å². The molecule has 1 aliphatic carbocycles. The number of hydrogen-bond acceptors (Lipinski definition) is 3. The molecule has 0 unspecified atom stereocenters. The first kappa shape index (κ1) is 9.77. The van der Waals surface area contributed by atoms with Crippen LogP contribution in [0.25, 0.3) is 0 Å². The highest BCUT2D eigenvalue weighted by molar-refractivity contribution is 5.69. The lowest BCUT2D eigenvalue weighted by Crippen LogP contribution is -2.54. The zero-order valence-corrected chi connectivity index (χ0v) is 8.57. The zero-order chi connectivity index (χ0) is 9.97. The van der Waals surface area contributed by atoms with Crippen molar-refractivity contribution < 1.29 is 14.3 Å². The molecule has 1 saturated heterocycles. The van der Waals surface area contributed by atoms with E-state index in [0.29, 0.717) is 13.1 Å². The van der Waals surface area contributed by atoms with Crippen molar-refractivity contribution in [2.75, 3.05) is 20.2 Å². The maximum Gasteiger partial charge on any atom is 0.410 e. The lowest BCUT2D eigenvalue weighted by molar-refractivity contribution is -0.0349. The Morgan fingerprint density at radius 1 is 1.21 bits per heavy atom. The summed E-state index contributed by atoms with van der Waals surface area (Å²) in [5.74, 6) is 0. The third kappa shape index (κ3) is 2.00. The van der Waals surface area contributed by atoms with E-state index in [-0.39, 0.29) is 18.3 Å². The average molecular weight is 199 g/mol. The third-order valence-corrected chi connectivity index (χ3v) is 3.01. The van der Waals surface area contributed by atoms with Crippen LogP contribution in [0.3, 0.4) is 0 Å². The van der Waals surface area contributed by atoms with Crippen LogP contribution in [0.4, 0.5) is 4.79 Å². The van der Waals surface area contributed by atoms with Gasteiger partial charge in [-0.15, -0.1) is 0 Å². The first-order valence-corrected chi connectivity index (χ1v) is 5.28. The van der Waals surface area contributed by atoms with Gasteiger partial charge in [0.05, 0.1) is 19.2 Å². The Kier molecular flexibility index (Phi) is 2.91. The van der Waals surface area contributed by atoms with Gasteiger partial charge in [0.2, 0.25) is 0 Å². The summed E-state index contributed by atoms with van der Waals surface area (Å²) in [7, 11) is 1.67. The van der Waals surface area contributed by atoms with Crippen molar-refractivity contribution in [3.63, 3.8) is 0 Å². The van der Waals surface area contributed by atoms with Crippen LogP contribution in [0.1, 0.15) is 25.7 Å². The largest absolute Gasteiger partial charge is 0.446 e. The molecule has 0 atom stereocenters. The second-order valence-corrected chi connectivity index (χ2v) is 4.05. The molecule has 80 valence electrons. The SMILES string of the molecule is COC1CN(C(=O)OC2CCCC2)C1. The molecule has 0 bridgehead atoms. The van der Waals surface area contributed by atoms with Crippen molar-refractivity contribution in [1.82, 2.24) is 4.90 Å². The second-order valence-electron chi connectivity index (χ2n) is 4.05. The van der Waals surface area contributed by atoms with Crippen LogP contribution in [-0.4, -0.2) is 43.4 Å². The number of carbonyl (C=O) groups is 1. The maximum absolute atomic E-state index is 11.5. The monoisotopic (exact) mass is 199 g/mol. The Bertz CT molecular complexity index is 207. The number of methoxy groups -OCH3 is 1. The maximum atomic E-state index is 11.5. The van der Waals surface area contributed by atoms with Crippen LogP contribution in [0, 0.1) is 0 Å². The molecule has 14 heavy (non-hydrogen) atoms. The lowest BCUT2D eigenvalue weighted by Gasteiger charge is -2.37. The smallest absolute Gasteiger partial charge is 0.410 e. The molecule has 1 amide bonds. The van der Waals surface area contributed by atoms with Gasteiger partial charge < -0.3 is 14.4 Å². The van der Waals surface area contributed by atoms with Gasteiger partial charge in [-0.25, -0.2) is 4.79 Å². The van der Waals surface area contributed by atoms with Crippen molar-refractivity contribution in [3.05, 3.63) is 0 Å². The fourth-order valence-corrected chi connectivity index (χ4v) is 1.96. The summed E-state index contributed by atoms with van der Waals surface area (Å²) in [4.78, 5) is 13.2. The molecule has 0 aromatic heterocycles. The first-order valence-electron chi connectivity index (χ1n) is 5.28. The summed E-state index contributed by atoms with van der Waals surface area (Å²) in [6.07, 6.45) is 4.68. The molecular weight excluding hydrogens is 182 g/mol. The number of hydrogen-bond donors (Lipinski definition) is 0. The molecule has 1 heterocycles. The van der Waals surface area contributed by atoms with E-state index in [1.165, 1.54) is 12.8 Å². The summed E-state index contributed by atoms with van der Waals surface area (Å²) in [5, 5.41) is 0. The van der Waals surface area contributed by atoms with Gasteiger partial charge in [0, 0.05) is 7.11 Å². The number of rotatable bonds is 2. The van der Waals surface area contributed by atoms with Crippen LogP contribution < -0.4 is 0 Å². The van der Waals surface area contributed by atoms with Crippen LogP contribution >= 0.6 is 0 Å². The quantitative estimate of drug-likeness (QED) is 0.674. The van der Waals surface area contributed by atoms with Gasteiger partial charge in [-0.1, -0.05) is 0 Å². The molecule has 0 aromatic carbocycles. The first-order chi connectivity index (χ1) is 6.79. The van der Waals surface area contributed by atoms with E-state index in [9.17, 15) is 4.79 Å². The predicted molar refractivity (Wildman–Crippen MR) is 51.1 cm³/mol. The Morgan fingerprint density at radius 2 is 1.86 bits per heavy atom. The van der Waals surface area contributed by atoms with Crippen LogP contribution in [0.5, 0.6) is 0 Å². The van der Waals surface area contributed by atoms with Gasteiger partial charge >= 0.3 is 6.09 Å². The van der Waals surface area contributed by atoms with Crippen molar-refractivity contribution in [2.24, 2.45) is 0 Å². The molecule has 0 radical (unpaired) electrons. The average Bonchev–Trinajstić information content (AvgIpc) is 2.54. The van der Waals surface area contributed by atoms with Crippen LogP contribution in [-0.2, 0) is 9.47 Å². The number of amides is 1. The van der Waals surface area contributed by atoms with E-state index >= 15 is 0 Å². The number of nitrogens with zero attached hydrogens (tertiary/aromatic N) is 1. The van der Waals surface area contributed by atoms with Gasteiger partial charge in [0.15, 0.2) is 0 Å². The molecule has 0 spiro atoms. The summed E-state index contributed by atoms with van der Waals surface area (Å²) in [6.45, 7) is 1.37. The molecule has 2 fully saturated rings. The van der Waals surface area contributed by atoms with Crippen molar-refractivity contribution >= 4 is 6.09 Å². The third-order valence-electron chi connectivity index (χ3n) is 3.01. The fraction of sp³-hybridized carbons (Fsp3) is 0.900. The zero-order valence-electron chi connectivity index (χ0n) is 8.57. The molecule has 2 aliphatic rings. The summed E-state index contributed by atoms with van der Waals surface area (Å²) in [6, 6.07) is 0.